The van der Waals surface area contributed by atoms with Gasteiger partial charge in [0.15, 0.2) is 18.1 Å². The molecule has 0 aliphatic heterocycles. The molecule has 3 aromatic rings. The number of hydrogen-bond donors (Lipinski definition) is 2. The first-order chi connectivity index (χ1) is 17.7. The Morgan fingerprint density at radius 3 is 2.51 bits per heavy atom. The zero-order chi connectivity index (χ0) is 26.9. The number of ether oxygens (including phenoxy) is 2. The second-order valence-electron chi connectivity index (χ2n) is 8.05. The minimum absolute atomic E-state index is 0.153. The maximum Gasteiger partial charge on any atom is 0.266 e. The van der Waals surface area contributed by atoms with E-state index in [0.717, 1.165) is 11.1 Å². The third-order valence-corrected chi connectivity index (χ3v) is 5.62. The zero-order valence-electron chi connectivity index (χ0n) is 20.5. The van der Waals surface area contributed by atoms with E-state index in [2.05, 4.69) is 10.6 Å². The van der Waals surface area contributed by atoms with E-state index in [4.69, 9.17) is 32.7 Å². The van der Waals surface area contributed by atoms with Gasteiger partial charge in [-0.2, -0.15) is 5.26 Å². The lowest BCUT2D eigenvalue weighted by molar-refractivity contribution is -0.118. The van der Waals surface area contributed by atoms with E-state index in [-0.39, 0.29) is 34.6 Å². The molecule has 0 radical (unpaired) electrons. The van der Waals surface area contributed by atoms with Crippen LogP contribution in [0, 0.1) is 25.2 Å². The molecule has 9 heteroatoms. The van der Waals surface area contributed by atoms with Crippen LogP contribution in [0.2, 0.25) is 10.0 Å². The Morgan fingerprint density at radius 1 is 1.03 bits per heavy atom. The molecule has 37 heavy (non-hydrogen) atoms. The third kappa shape index (κ3) is 7.74. The van der Waals surface area contributed by atoms with Gasteiger partial charge in [0.05, 0.1) is 11.6 Å². The van der Waals surface area contributed by atoms with Crippen molar-refractivity contribution in [2.75, 3.05) is 23.8 Å². The largest absolute Gasteiger partial charge is 0.490 e. The van der Waals surface area contributed by atoms with Crippen LogP contribution in [0.5, 0.6) is 11.5 Å². The average Bonchev–Trinajstić information content (AvgIpc) is 2.84. The number of hydrogen-bond acceptors (Lipinski definition) is 5. The fraction of sp³-hybridized carbons (Fsp3) is 0.179. The minimum Gasteiger partial charge on any atom is -0.490 e. The van der Waals surface area contributed by atoms with Gasteiger partial charge >= 0.3 is 0 Å². The van der Waals surface area contributed by atoms with Crippen molar-refractivity contribution >= 4 is 52.5 Å². The molecule has 0 bridgehead atoms. The second kappa shape index (κ2) is 12.8. The molecule has 0 aliphatic rings. The number of nitrogens with one attached hydrogen (secondary N) is 2. The van der Waals surface area contributed by atoms with Gasteiger partial charge < -0.3 is 20.1 Å². The summed E-state index contributed by atoms with van der Waals surface area (Å²) in [5.74, 6) is -0.519. The molecule has 0 aliphatic carbocycles. The molecule has 0 aromatic heterocycles. The van der Waals surface area contributed by atoms with Gasteiger partial charge in [-0.15, -0.1) is 0 Å². The van der Waals surface area contributed by atoms with Crippen molar-refractivity contribution in [1.29, 1.82) is 5.26 Å². The highest BCUT2D eigenvalue weighted by Gasteiger charge is 2.16. The van der Waals surface area contributed by atoms with Gasteiger partial charge in [-0.05, 0) is 79.9 Å². The van der Waals surface area contributed by atoms with E-state index in [0.29, 0.717) is 28.6 Å². The Labute approximate surface area is 225 Å². The normalized spacial score (nSPS) is 10.9. The van der Waals surface area contributed by atoms with Crippen molar-refractivity contribution in [3.05, 3.63) is 86.9 Å². The van der Waals surface area contributed by atoms with Crippen molar-refractivity contribution in [3.8, 4) is 17.6 Å². The van der Waals surface area contributed by atoms with E-state index < -0.39 is 5.91 Å². The number of nitriles is 1. The third-order valence-electron chi connectivity index (χ3n) is 5.11. The van der Waals surface area contributed by atoms with E-state index in [9.17, 15) is 14.9 Å². The van der Waals surface area contributed by atoms with Crippen LogP contribution in [0.25, 0.3) is 6.08 Å². The Bertz CT molecular complexity index is 1400. The first-order valence-electron chi connectivity index (χ1n) is 11.3. The molecule has 0 spiro atoms. The topological polar surface area (TPSA) is 100 Å². The molecule has 0 unspecified atom stereocenters. The number of carbonyl (C=O) groups excluding carboxylic acids is 2. The lowest BCUT2D eigenvalue weighted by atomic mass is 10.1. The van der Waals surface area contributed by atoms with Gasteiger partial charge in [-0.3, -0.25) is 9.59 Å². The molecule has 2 N–H and O–H groups in total. The number of amides is 2. The second-order valence-corrected chi connectivity index (χ2v) is 8.90. The number of nitrogens with zero attached hydrogens (tertiary/aromatic N) is 1. The quantitative estimate of drug-likeness (QED) is 0.237. The van der Waals surface area contributed by atoms with Crippen LogP contribution in [0.4, 0.5) is 11.4 Å². The predicted molar refractivity (Wildman–Crippen MR) is 146 cm³/mol. The molecular weight excluding hydrogens is 513 g/mol. The van der Waals surface area contributed by atoms with Crippen molar-refractivity contribution in [2.24, 2.45) is 0 Å². The van der Waals surface area contributed by atoms with Crippen LogP contribution in [-0.4, -0.2) is 25.0 Å². The first-order valence-corrected chi connectivity index (χ1v) is 12.1. The van der Waals surface area contributed by atoms with Crippen LogP contribution in [0.1, 0.15) is 23.6 Å². The number of halogens is 2. The Balaban J connectivity index is 1.78. The monoisotopic (exact) mass is 537 g/mol. The highest BCUT2D eigenvalue weighted by atomic mass is 35.5. The Hall–Kier alpha value is -3.99. The summed E-state index contributed by atoms with van der Waals surface area (Å²) in [6.45, 7) is 5.63. The summed E-state index contributed by atoms with van der Waals surface area (Å²) < 4.78 is 11.4. The highest BCUT2D eigenvalue weighted by Crippen LogP contribution is 2.37. The molecule has 0 saturated heterocycles. The minimum atomic E-state index is -0.609. The summed E-state index contributed by atoms with van der Waals surface area (Å²) in [7, 11) is 0. The summed E-state index contributed by atoms with van der Waals surface area (Å²) in [5, 5.41) is 15.6. The maximum absolute atomic E-state index is 12.6. The molecule has 190 valence electrons. The van der Waals surface area contributed by atoms with E-state index in [1.807, 2.05) is 38.1 Å². The lowest BCUT2D eigenvalue weighted by Gasteiger charge is -2.15. The van der Waals surface area contributed by atoms with Crippen molar-refractivity contribution in [3.63, 3.8) is 0 Å². The maximum atomic E-state index is 12.6. The van der Waals surface area contributed by atoms with Gasteiger partial charge in [0.2, 0.25) is 0 Å². The molecule has 2 amide bonds. The molecule has 3 rings (SSSR count). The fourth-order valence-corrected chi connectivity index (χ4v) is 3.81. The molecule has 0 fully saturated rings. The van der Waals surface area contributed by atoms with Crippen molar-refractivity contribution < 1.29 is 19.1 Å². The predicted octanol–water partition coefficient (Wildman–Crippen LogP) is 6.57. The summed E-state index contributed by atoms with van der Waals surface area (Å²) in [5.41, 5.74) is 3.39. The number of anilines is 2. The van der Waals surface area contributed by atoms with Crippen LogP contribution in [-0.2, 0) is 9.59 Å². The van der Waals surface area contributed by atoms with Crippen molar-refractivity contribution in [1.82, 2.24) is 0 Å². The Morgan fingerprint density at radius 2 is 1.81 bits per heavy atom. The zero-order valence-corrected chi connectivity index (χ0v) is 22.0. The summed E-state index contributed by atoms with van der Waals surface area (Å²) in [4.78, 5) is 25.1. The Kier molecular flexibility index (Phi) is 9.56. The number of carbonyl (C=O) groups is 2. The van der Waals surface area contributed by atoms with Gasteiger partial charge in [0.1, 0.15) is 11.6 Å². The van der Waals surface area contributed by atoms with E-state index in [1.165, 1.54) is 12.1 Å². The number of benzene rings is 3. The molecular formula is C28H25Cl2N3O4. The standard InChI is InChI=1S/C28H25Cl2N3O4/c1-4-36-25-13-19(11-20(15-31)28(35)32-22-7-5-6-21(29)14-22)12-23(30)27(25)37-16-26(34)33-24-10-17(2)8-9-18(24)3/h5-14H,4,16H2,1-3H3,(H,32,35)(H,33,34)/b20-11-. The van der Waals surface area contributed by atoms with Crippen LogP contribution < -0.4 is 20.1 Å². The molecule has 0 atom stereocenters. The molecule has 0 saturated carbocycles. The number of rotatable bonds is 9. The molecule has 7 nitrogen and oxygen atoms in total. The van der Waals surface area contributed by atoms with Gasteiger partial charge in [-0.1, -0.05) is 41.4 Å². The van der Waals surface area contributed by atoms with Gasteiger partial charge in [-0.25, -0.2) is 0 Å². The van der Waals surface area contributed by atoms with Crippen LogP contribution >= 0.6 is 23.2 Å². The summed E-state index contributed by atoms with van der Waals surface area (Å²) >= 11 is 12.4. The summed E-state index contributed by atoms with van der Waals surface area (Å²) in [6, 6.07) is 17.3. The van der Waals surface area contributed by atoms with E-state index >= 15 is 0 Å². The first kappa shape index (κ1) is 27.6. The van der Waals surface area contributed by atoms with Crippen LogP contribution in [0.3, 0.4) is 0 Å². The van der Waals surface area contributed by atoms with Gasteiger partial charge in [0.25, 0.3) is 11.8 Å². The average molecular weight is 538 g/mol. The summed E-state index contributed by atoms with van der Waals surface area (Å²) in [6.07, 6.45) is 1.38. The van der Waals surface area contributed by atoms with Crippen LogP contribution in [0.15, 0.2) is 60.2 Å². The van der Waals surface area contributed by atoms with E-state index in [1.54, 1.807) is 37.3 Å². The smallest absolute Gasteiger partial charge is 0.266 e. The molecule has 0 heterocycles. The number of aryl methyl sites for hydroxylation is 2. The lowest BCUT2D eigenvalue weighted by Crippen LogP contribution is -2.21. The van der Waals surface area contributed by atoms with Crippen molar-refractivity contribution in [2.45, 2.75) is 20.8 Å². The molecule has 3 aromatic carbocycles. The van der Waals surface area contributed by atoms with Gasteiger partial charge in [0, 0.05) is 16.4 Å². The highest BCUT2D eigenvalue weighted by molar-refractivity contribution is 6.32. The SMILES string of the molecule is CCOc1cc(/C=C(/C#N)C(=O)Nc2cccc(Cl)c2)cc(Cl)c1OCC(=O)Nc1cc(C)ccc1C. The fourth-order valence-electron chi connectivity index (χ4n) is 3.35.